The minimum atomic E-state index is -0.0240. The van der Waals surface area contributed by atoms with E-state index in [-0.39, 0.29) is 5.54 Å². The zero-order valence-corrected chi connectivity index (χ0v) is 11.6. The fraction of sp³-hybridized carbons (Fsp3) is 0.600. The monoisotopic (exact) mass is 248 g/mol. The SMILES string of the molecule is CC(C)C(C)(CN)N1CCCOc2ccccc21. The van der Waals surface area contributed by atoms with Crippen LogP contribution in [-0.2, 0) is 0 Å². The molecule has 1 aromatic carbocycles. The van der Waals surface area contributed by atoms with Gasteiger partial charge in [0.2, 0.25) is 0 Å². The van der Waals surface area contributed by atoms with Crippen LogP contribution in [0.2, 0.25) is 0 Å². The summed E-state index contributed by atoms with van der Waals surface area (Å²) in [4.78, 5) is 2.43. The van der Waals surface area contributed by atoms with Crippen molar-refractivity contribution in [2.45, 2.75) is 32.7 Å². The van der Waals surface area contributed by atoms with Crippen LogP contribution in [0.3, 0.4) is 0 Å². The van der Waals surface area contributed by atoms with Gasteiger partial charge in [-0.15, -0.1) is 0 Å². The molecule has 0 aromatic heterocycles. The molecule has 0 saturated carbocycles. The van der Waals surface area contributed by atoms with Crippen LogP contribution in [0.4, 0.5) is 5.69 Å². The molecule has 0 radical (unpaired) electrons. The highest BCUT2D eigenvalue weighted by Gasteiger charge is 2.35. The molecule has 0 bridgehead atoms. The van der Waals surface area contributed by atoms with Gasteiger partial charge in [0, 0.05) is 13.1 Å². The molecule has 2 N–H and O–H groups in total. The van der Waals surface area contributed by atoms with Crippen LogP contribution in [0.1, 0.15) is 27.2 Å². The molecule has 2 rings (SSSR count). The average Bonchev–Trinajstić information content (AvgIpc) is 2.60. The fourth-order valence-corrected chi connectivity index (χ4v) is 2.52. The zero-order valence-electron chi connectivity index (χ0n) is 11.6. The van der Waals surface area contributed by atoms with Crippen molar-refractivity contribution in [2.75, 3.05) is 24.6 Å². The van der Waals surface area contributed by atoms with Gasteiger partial charge in [0.1, 0.15) is 5.75 Å². The molecule has 0 amide bonds. The maximum absolute atomic E-state index is 6.06. The number of para-hydroxylation sites is 2. The maximum Gasteiger partial charge on any atom is 0.142 e. The van der Waals surface area contributed by atoms with E-state index < -0.39 is 0 Å². The molecule has 18 heavy (non-hydrogen) atoms. The van der Waals surface area contributed by atoms with Crippen LogP contribution >= 0.6 is 0 Å². The first-order valence-electron chi connectivity index (χ1n) is 6.79. The van der Waals surface area contributed by atoms with E-state index >= 15 is 0 Å². The van der Waals surface area contributed by atoms with E-state index in [1.807, 2.05) is 12.1 Å². The standard InChI is InChI=1S/C15H24N2O/c1-12(2)15(3,11-16)17-9-6-10-18-14-8-5-4-7-13(14)17/h4-5,7-8,12H,6,9-11,16H2,1-3H3. The molecule has 0 aliphatic carbocycles. The Morgan fingerprint density at radius 1 is 1.39 bits per heavy atom. The minimum absolute atomic E-state index is 0.0240. The van der Waals surface area contributed by atoms with Gasteiger partial charge in [0.15, 0.2) is 0 Å². The Labute approximate surface area is 110 Å². The molecular weight excluding hydrogens is 224 g/mol. The van der Waals surface area contributed by atoms with Crippen molar-refractivity contribution >= 4 is 5.69 Å². The molecule has 1 unspecified atom stereocenters. The van der Waals surface area contributed by atoms with Crippen LogP contribution in [0.25, 0.3) is 0 Å². The normalized spacial score (nSPS) is 18.8. The smallest absolute Gasteiger partial charge is 0.142 e. The molecular formula is C15H24N2O. The lowest BCUT2D eigenvalue weighted by molar-refractivity contribution is 0.308. The van der Waals surface area contributed by atoms with Crippen molar-refractivity contribution in [1.82, 2.24) is 0 Å². The minimum Gasteiger partial charge on any atom is -0.491 e. The molecule has 3 nitrogen and oxygen atoms in total. The third kappa shape index (κ3) is 2.19. The number of hydrogen-bond acceptors (Lipinski definition) is 3. The molecule has 100 valence electrons. The summed E-state index contributed by atoms with van der Waals surface area (Å²) in [6.07, 6.45) is 1.04. The Morgan fingerprint density at radius 3 is 2.78 bits per heavy atom. The molecule has 1 aliphatic heterocycles. The lowest BCUT2D eigenvalue weighted by Crippen LogP contribution is -2.55. The second-order valence-electron chi connectivity index (χ2n) is 5.54. The first kappa shape index (κ1) is 13.2. The van der Waals surface area contributed by atoms with Crippen LogP contribution in [-0.4, -0.2) is 25.2 Å². The van der Waals surface area contributed by atoms with Gasteiger partial charge >= 0.3 is 0 Å². The first-order chi connectivity index (χ1) is 8.59. The van der Waals surface area contributed by atoms with Crippen LogP contribution in [0.15, 0.2) is 24.3 Å². The van der Waals surface area contributed by atoms with Crippen LogP contribution < -0.4 is 15.4 Å². The predicted octanol–water partition coefficient (Wildman–Crippen LogP) is 2.65. The van der Waals surface area contributed by atoms with E-state index in [1.165, 1.54) is 5.69 Å². The summed E-state index contributed by atoms with van der Waals surface area (Å²) < 4.78 is 5.82. The second kappa shape index (κ2) is 5.19. The van der Waals surface area contributed by atoms with Crippen molar-refractivity contribution in [3.8, 4) is 5.75 Å². The molecule has 1 aromatic rings. The number of fused-ring (bicyclic) bond motifs is 1. The number of rotatable bonds is 3. The van der Waals surface area contributed by atoms with Gasteiger partial charge in [0.05, 0.1) is 17.8 Å². The van der Waals surface area contributed by atoms with E-state index in [4.69, 9.17) is 10.5 Å². The van der Waals surface area contributed by atoms with Crippen molar-refractivity contribution in [3.63, 3.8) is 0 Å². The van der Waals surface area contributed by atoms with Crippen LogP contribution in [0.5, 0.6) is 5.75 Å². The number of anilines is 1. The Kier molecular flexibility index (Phi) is 3.81. The number of nitrogens with zero attached hydrogens (tertiary/aromatic N) is 1. The molecule has 3 heteroatoms. The molecule has 0 saturated heterocycles. The summed E-state index contributed by atoms with van der Waals surface area (Å²) in [5.74, 6) is 1.48. The van der Waals surface area contributed by atoms with Gasteiger partial charge in [0.25, 0.3) is 0 Å². The van der Waals surface area contributed by atoms with Gasteiger partial charge in [-0.2, -0.15) is 0 Å². The highest BCUT2D eigenvalue weighted by Crippen LogP contribution is 2.37. The summed E-state index contributed by atoms with van der Waals surface area (Å²) in [7, 11) is 0. The molecule has 1 heterocycles. The van der Waals surface area contributed by atoms with E-state index in [1.54, 1.807) is 0 Å². The Hall–Kier alpha value is -1.22. The van der Waals surface area contributed by atoms with E-state index in [2.05, 4.69) is 37.8 Å². The summed E-state index contributed by atoms with van der Waals surface area (Å²) in [6.45, 7) is 9.16. The van der Waals surface area contributed by atoms with E-state index in [9.17, 15) is 0 Å². The van der Waals surface area contributed by atoms with Crippen LogP contribution in [0, 0.1) is 5.92 Å². The predicted molar refractivity (Wildman–Crippen MR) is 76.2 cm³/mol. The number of nitrogens with two attached hydrogens (primary N) is 1. The Balaban J connectivity index is 2.44. The van der Waals surface area contributed by atoms with Gasteiger partial charge < -0.3 is 15.4 Å². The Morgan fingerprint density at radius 2 is 2.11 bits per heavy atom. The fourth-order valence-electron chi connectivity index (χ4n) is 2.52. The third-order valence-corrected chi connectivity index (χ3v) is 4.21. The quantitative estimate of drug-likeness (QED) is 0.893. The Bertz CT molecular complexity index is 405. The number of hydrogen-bond donors (Lipinski definition) is 1. The lowest BCUT2D eigenvalue weighted by atomic mass is 9.86. The highest BCUT2D eigenvalue weighted by molar-refractivity contribution is 5.60. The van der Waals surface area contributed by atoms with Gasteiger partial charge in [-0.25, -0.2) is 0 Å². The summed E-state index contributed by atoms with van der Waals surface area (Å²) in [6, 6.07) is 8.27. The summed E-state index contributed by atoms with van der Waals surface area (Å²) in [5.41, 5.74) is 7.22. The van der Waals surface area contributed by atoms with Gasteiger partial charge in [-0.3, -0.25) is 0 Å². The van der Waals surface area contributed by atoms with Crippen molar-refractivity contribution in [3.05, 3.63) is 24.3 Å². The zero-order chi connectivity index (χ0) is 13.2. The van der Waals surface area contributed by atoms with E-state index in [0.29, 0.717) is 12.5 Å². The number of benzene rings is 1. The molecule has 0 fully saturated rings. The third-order valence-electron chi connectivity index (χ3n) is 4.21. The highest BCUT2D eigenvalue weighted by atomic mass is 16.5. The first-order valence-corrected chi connectivity index (χ1v) is 6.79. The largest absolute Gasteiger partial charge is 0.491 e. The number of ether oxygens (including phenoxy) is 1. The van der Waals surface area contributed by atoms with Gasteiger partial charge in [-0.1, -0.05) is 26.0 Å². The van der Waals surface area contributed by atoms with Gasteiger partial charge in [-0.05, 0) is 31.4 Å². The second-order valence-corrected chi connectivity index (χ2v) is 5.54. The summed E-state index contributed by atoms with van der Waals surface area (Å²) >= 11 is 0. The van der Waals surface area contributed by atoms with Crippen molar-refractivity contribution in [2.24, 2.45) is 11.7 Å². The maximum atomic E-state index is 6.06. The molecule has 0 spiro atoms. The van der Waals surface area contributed by atoms with Crippen molar-refractivity contribution < 1.29 is 4.74 Å². The van der Waals surface area contributed by atoms with Crippen molar-refractivity contribution in [1.29, 1.82) is 0 Å². The molecule has 1 atom stereocenters. The molecule has 1 aliphatic rings. The average molecular weight is 248 g/mol. The lowest BCUT2D eigenvalue weighted by Gasteiger charge is -2.45. The topological polar surface area (TPSA) is 38.5 Å². The summed E-state index contributed by atoms with van der Waals surface area (Å²) in [5, 5.41) is 0. The van der Waals surface area contributed by atoms with E-state index in [0.717, 1.165) is 25.3 Å².